The van der Waals surface area contributed by atoms with E-state index in [4.69, 9.17) is 0 Å². The molecule has 0 fully saturated rings. The van der Waals surface area contributed by atoms with E-state index in [9.17, 15) is 9.90 Å². The summed E-state index contributed by atoms with van der Waals surface area (Å²) in [6.45, 7) is 0.615. The second-order valence-corrected chi connectivity index (χ2v) is 4.78. The number of aromatic nitrogens is 2. The van der Waals surface area contributed by atoms with E-state index in [0.717, 1.165) is 16.6 Å². The maximum atomic E-state index is 12.0. The molecular weight excluding hydrogens is 266 g/mol. The van der Waals surface area contributed by atoms with Crippen LogP contribution in [0, 0.1) is 0 Å². The monoisotopic (exact) mass is 281 g/mol. The van der Waals surface area contributed by atoms with E-state index in [0.29, 0.717) is 6.54 Å². The predicted octanol–water partition coefficient (Wildman–Crippen LogP) is 2.06. The van der Waals surface area contributed by atoms with Crippen molar-refractivity contribution in [3.8, 4) is 5.75 Å². The van der Waals surface area contributed by atoms with Crippen molar-refractivity contribution >= 4 is 16.8 Å². The van der Waals surface area contributed by atoms with E-state index in [1.165, 1.54) is 0 Å². The molecule has 106 valence electrons. The van der Waals surface area contributed by atoms with Gasteiger partial charge in [-0.25, -0.2) is 0 Å². The highest BCUT2D eigenvalue weighted by molar-refractivity contribution is 5.84. The van der Waals surface area contributed by atoms with Crippen molar-refractivity contribution < 1.29 is 9.90 Å². The van der Waals surface area contributed by atoms with Crippen LogP contribution in [-0.4, -0.2) is 20.6 Å². The topological polar surface area (TPSA) is 67.2 Å². The third-order valence-corrected chi connectivity index (χ3v) is 3.26. The maximum absolute atomic E-state index is 12.0. The van der Waals surface area contributed by atoms with Gasteiger partial charge in [-0.1, -0.05) is 6.07 Å². The molecule has 1 amide bonds. The average molecular weight is 281 g/mol. The Balaban J connectivity index is 1.67. The van der Waals surface area contributed by atoms with Crippen LogP contribution in [0.1, 0.15) is 5.69 Å². The van der Waals surface area contributed by atoms with Crippen molar-refractivity contribution in [2.45, 2.75) is 13.1 Å². The number of carbonyl (C=O) groups is 1. The number of phenolic OH excluding ortho intramolecular Hbond substituents is 1. The highest BCUT2D eigenvalue weighted by atomic mass is 16.3. The molecule has 0 saturated carbocycles. The number of amides is 1. The van der Waals surface area contributed by atoms with E-state index in [1.807, 2.05) is 41.1 Å². The summed E-state index contributed by atoms with van der Waals surface area (Å²) in [5, 5.41) is 13.4. The lowest BCUT2D eigenvalue weighted by molar-refractivity contribution is -0.121. The zero-order valence-corrected chi connectivity index (χ0v) is 11.4. The summed E-state index contributed by atoms with van der Waals surface area (Å²) in [7, 11) is 0. The third-order valence-electron chi connectivity index (χ3n) is 3.26. The third kappa shape index (κ3) is 3.02. The van der Waals surface area contributed by atoms with Gasteiger partial charge in [0.2, 0.25) is 5.91 Å². The van der Waals surface area contributed by atoms with Gasteiger partial charge in [0.25, 0.3) is 0 Å². The molecule has 0 spiro atoms. The molecule has 5 heteroatoms. The second-order valence-electron chi connectivity index (χ2n) is 4.78. The number of aromatic hydroxyl groups is 1. The largest absolute Gasteiger partial charge is 0.508 e. The summed E-state index contributed by atoms with van der Waals surface area (Å²) in [5.41, 5.74) is 1.66. The van der Waals surface area contributed by atoms with Crippen molar-refractivity contribution in [1.29, 1.82) is 0 Å². The molecule has 0 aliphatic carbocycles. The Morgan fingerprint density at radius 1 is 1.24 bits per heavy atom. The quantitative estimate of drug-likeness (QED) is 0.769. The van der Waals surface area contributed by atoms with Crippen LogP contribution in [-0.2, 0) is 17.9 Å². The molecule has 2 N–H and O–H groups in total. The van der Waals surface area contributed by atoms with Gasteiger partial charge < -0.3 is 15.0 Å². The number of nitrogens with zero attached hydrogens (tertiary/aromatic N) is 2. The first-order chi connectivity index (χ1) is 10.2. The number of pyridine rings is 1. The Labute approximate surface area is 121 Å². The molecule has 3 aromatic rings. The van der Waals surface area contributed by atoms with Crippen molar-refractivity contribution in [2.24, 2.45) is 0 Å². The molecule has 0 unspecified atom stereocenters. The average Bonchev–Trinajstić information content (AvgIpc) is 2.88. The van der Waals surface area contributed by atoms with Crippen molar-refractivity contribution in [1.82, 2.24) is 14.9 Å². The number of fused-ring (bicyclic) bond motifs is 1. The second kappa shape index (κ2) is 5.66. The number of hydrogen-bond acceptors (Lipinski definition) is 3. The van der Waals surface area contributed by atoms with E-state index in [-0.39, 0.29) is 18.2 Å². The van der Waals surface area contributed by atoms with Crippen LogP contribution in [0.5, 0.6) is 5.75 Å². The van der Waals surface area contributed by atoms with E-state index in [2.05, 4.69) is 10.3 Å². The Bertz CT molecular complexity index is 766. The zero-order chi connectivity index (χ0) is 14.7. The predicted molar refractivity (Wildman–Crippen MR) is 79.7 cm³/mol. The first-order valence-corrected chi connectivity index (χ1v) is 6.67. The fraction of sp³-hybridized carbons (Fsp3) is 0.125. The molecule has 0 aliphatic heterocycles. The highest BCUT2D eigenvalue weighted by Crippen LogP contribution is 2.20. The molecular formula is C16H15N3O2. The van der Waals surface area contributed by atoms with Crippen LogP contribution in [0.4, 0.5) is 0 Å². The number of benzene rings is 1. The van der Waals surface area contributed by atoms with Gasteiger partial charge in [0.15, 0.2) is 0 Å². The van der Waals surface area contributed by atoms with Crippen molar-refractivity contribution in [2.75, 3.05) is 0 Å². The molecule has 2 aromatic heterocycles. The lowest BCUT2D eigenvalue weighted by atomic mass is 10.2. The minimum atomic E-state index is -0.0958. The summed E-state index contributed by atoms with van der Waals surface area (Å²) < 4.78 is 1.81. The molecule has 0 bridgehead atoms. The molecule has 0 atom stereocenters. The summed E-state index contributed by atoms with van der Waals surface area (Å²) >= 11 is 0. The van der Waals surface area contributed by atoms with Gasteiger partial charge in [0.05, 0.1) is 17.8 Å². The fourth-order valence-electron chi connectivity index (χ4n) is 2.21. The minimum Gasteiger partial charge on any atom is -0.508 e. The molecule has 3 rings (SSSR count). The Morgan fingerprint density at radius 2 is 2.14 bits per heavy atom. The molecule has 0 saturated heterocycles. The standard InChI is InChI=1S/C16H15N3O2/c20-14-5-4-12-6-8-19(15(12)9-14)11-16(21)18-10-13-3-1-2-7-17-13/h1-9,20H,10-11H2,(H,18,21). The van der Waals surface area contributed by atoms with Gasteiger partial charge in [-0.2, -0.15) is 0 Å². The van der Waals surface area contributed by atoms with Gasteiger partial charge in [-0.15, -0.1) is 0 Å². The van der Waals surface area contributed by atoms with Gasteiger partial charge in [-0.05, 0) is 35.7 Å². The number of phenols is 1. The molecule has 21 heavy (non-hydrogen) atoms. The van der Waals surface area contributed by atoms with Gasteiger partial charge in [-0.3, -0.25) is 9.78 Å². The molecule has 1 aromatic carbocycles. The van der Waals surface area contributed by atoms with Gasteiger partial charge in [0, 0.05) is 18.5 Å². The Morgan fingerprint density at radius 3 is 2.95 bits per heavy atom. The van der Waals surface area contributed by atoms with Gasteiger partial charge in [0.1, 0.15) is 12.3 Å². The Hall–Kier alpha value is -2.82. The summed E-state index contributed by atoms with van der Waals surface area (Å²) in [5.74, 6) is 0.0952. The smallest absolute Gasteiger partial charge is 0.240 e. The lowest BCUT2D eigenvalue weighted by Gasteiger charge is -2.07. The van der Waals surface area contributed by atoms with Crippen LogP contribution in [0.25, 0.3) is 10.9 Å². The number of carbonyl (C=O) groups excluding carboxylic acids is 1. The highest BCUT2D eigenvalue weighted by Gasteiger charge is 2.07. The molecule has 5 nitrogen and oxygen atoms in total. The van der Waals surface area contributed by atoms with Crippen LogP contribution in [0.15, 0.2) is 54.9 Å². The molecule has 0 aliphatic rings. The van der Waals surface area contributed by atoms with E-state index in [1.54, 1.807) is 18.3 Å². The number of nitrogens with one attached hydrogen (secondary N) is 1. The first kappa shape index (κ1) is 13.2. The number of hydrogen-bond donors (Lipinski definition) is 2. The van der Waals surface area contributed by atoms with Crippen molar-refractivity contribution in [3.63, 3.8) is 0 Å². The first-order valence-electron chi connectivity index (χ1n) is 6.67. The SMILES string of the molecule is O=C(Cn1ccc2ccc(O)cc21)NCc1ccccn1. The minimum absolute atomic E-state index is 0.0958. The lowest BCUT2D eigenvalue weighted by Crippen LogP contribution is -2.27. The maximum Gasteiger partial charge on any atom is 0.240 e. The summed E-state index contributed by atoms with van der Waals surface area (Å²) in [6.07, 6.45) is 3.54. The van der Waals surface area contributed by atoms with Crippen LogP contribution in [0.3, 0.4) is 0 Å². The van der Waals surface area contributed by atoms with Crippen LogP contribution < -0.4 is 5.32 Å². The van der Waals surface area contributed by atoms with E-state index < -0.39 is 0 Å². The number of rotatable bonds is 4. The normalized spacial score (nSPS) is 10.7. The Kier molecular flexibility index (Phi) is 3.55. The molecule has 0 radical (unpaired) electrons. The van der Waals surface area contributed by atoms with Crippen LogP contribution in [0.2, 0.25) is 0 Å². The fourth-order valence-corrected chi connectivity index (χ4v) is 2.21. The van der Waals surface area contributed by atoms with Crippen LogP contribution >= 0.6 is 0 Å². The molecule has 2 heterocycles. The van der Waals surface area contributed by atoms with E-state index >= 15 is 0 Å². The summed E-state index contributed by atoms with van der Waals surface area (Å²) in [6, 6.07) is 12.6. The summed E-state index contributed by atoms with van der Waals surface area (Å²) in [4.78, 5) is 16.1. The van der Waals surface area contributed by atoms with Crippen molar-refractivity contribution in [3.05, 3.63) is 60.6 Å². The van der Waals surface area contributed by atoms with Gasteiger partial charge >= 0.3 is 0 Å². The zero-order valence-electron chi connectivity index (χ0n) is 11.4.